The van der Waals surface area contributed by atoms with Crippen LogP contribution in [0, 0.1) is 5.92 Å². The van der Waals surface area contributed by atoms with E-state index in [-0.39, 0.29) is 0 Å². The van der Waals surface area contributed by atoms with Gasteiger partial charge in [-0.25, -0.2) is 4.98 Å². The van der Waals surface area contributed by atoms with Gasteiger partial charge in [0, 0.05) is 25.1 Å². The standard InChI is InChI=1S/C17H18N4O2/c1-2-4-15-13(3-1)9-16(23-15)14-11-19-21-17(20-14)18-10-12-5-7-22-8-6-12/h1-4,9,11-12H,5-8,10H2,(H,18,20,21). The number of fused-ring (bicyclic) bond motifs is 1. The van der Waals surface area contributed by atoms with E-state index in [1.165, 1.54) is 0 Å². The topological polar surface area (TPSA) is 73.1 Å². The quantitative estimate of drug-likeness (QED) is 0.798. The van der Waals surface area contributed by atoms with Crippen LogP contribution in [0.4, 0.5) is 5.95 Å². The van der Waals surface area contributed by atoms with Gasteiger partial charge in [0.2, 0.25) is 5.95 Å². The normalized spacial score (nSPS) is 15.8. The molecule has 1 aliphatic heterocycles. The van der Waals surface area contributed by atoms with Crippen molar-refractivity contribution in [2.45, 2.75) is 12.8 Å². The van der Waals surface area contributed by atoms with Crippen molar-refractivity contribution in [1.82, 2.24) is 15.2 Å². The molecule has 2 aromatic heterocycles. The molecule has 0 radical (unpaired) electrons. The zero-order valence-electron chi connectivity index (χ0n) is 12.7. The van der Waals surface area contributed by atoms with E-state index in [1.54, 1.807) is 6.20 Å². The van der Waals surface area contributed by atoms with Crippen molar-refractivity contribution < 1.29 is 9.15 Å². The van der Waals surface area contributed by atoms with Gasteiger partial charge in [-0.05, 0) is 30.9 Å². The Kier molecular flexibility index (Phi) is 3.90. The summed E-state index contributed by atoms with van der Waals surface area (Å²) in [5.41, 5.74) is 1.53. The highest BCUT2D eigenvalue weighted by atomic mass is 16.5. The van der Waals surface area contributed by atoms with E-state index >= 15 is 0 Å². The molecule has 1 aromatic carbocycles. The third kappa shape index (κ3) is 3.17. The van der Waals surface area contributed by atoms with Gasteiger partial charge in [-0.2, -0.15) is 5.10 Å². The minimum Gasteiger partial charge on any atom is -0.454 e. The maximum atomic E-state index is 5.83. The van der Waals surface area contributed by atoms with Gasteiger partial charge >= 0.3 is 0 Å². The predicted molar refractivity (Wildman–Crippen MR) is 87.1 cm³/mol. The van der Waals surface area contributed by atoms with Crippen LogP contribution in [0.1, 0.15) is 12.8 Å². The third-order valence-corrected chi connectivity index (χ3v) is 4.13. The first-order chi connectivity index (χ1) is 11.4. The van der Waals surface area contributed by atoms with Gasteiger partial charge in [-0.1, -0.05) is 18.2 Å². The molecule has 0 atom stereocenters. The molecule has 6 nitrogen and oxygen atoms in total. The molecule has 3 aromatic rings. The molecule has 0 amide bonds. The third-order valence-electron chi connectivity index (χ3n) is 4.13. The Hall–Kier alpha value is -2.47. The van der Waals surface area contributed by atoms with Gasteiger partial charge in [-0.15, -0.1) is 5.10 Å². The van der Waals surface area contributed by atoms with Crippen LogP contribution in [-0.2, 0) is 4.74 Å². The summed E-state index contributed by atoms with van der Waals surface area (Å²) in [6.45, 7) is 2.52. The summed E-state index contributed by atoms with van der Waals surface area (Å²) in [5, 5.41) is 12.4. The summed E-state index contributed by atoms with van der Waals surface area (Å²) in [6, 6.07) is 9.87. The van der Waals surface area contributed by atoms with E-state index in [9.17, 15) is 0 Å². The van der Waals surface area contributed by atoms with Crippen LogP contribution in [0.5, 0.6) is 0 Å². The lowest BCUT2D eigenvalue weighted by molar-refractivity contribution is 0.0699. The molecule has 1 fully saturated rings. The van der Waals surface area contributed by atoms with Crippen LogP contribution >= 0.6 is 0 Å². The van der Waals surface area contributed by atoms with E-state index in [4.69, 9.17) is 9.15 Å². The maximum absolute atomic E-state index is 5.83. The van der Waals surface area contributed by atoms with Crippen molar-refractivity contribution in [3.05, 3.63) is 36.5 Å². The summed E-state index contributed by atoms with van der Waals surface area (Å²) < 4.78 is 11.2. The zero-order valence-corrected chi connectivity index (χ0v) is 12.7. The van der Waals surface area contributed by atoms with Crippen LogP contribution in [0.2, 0.25) is 0 Å². The summed E-state index contributed by atoms with van der Waals surface area (Å²) in [7, 11) is 0. The van der Waals surface area contributed by atoms with Crippen LogP contribution in [0.3, 0.4) is 0 Å². The van der Waals surface area contributed by atoms with E-state index in [0.29, 0.717) is 23.3 Å². The van der Waals surface area contributed by atoms with Crippen molar-refractivity contribution in [3.8, 4) is 11.5 Å². The number of nitrogens with zero attached hydrogens (tertiary/aromatic N) is 3. The summed E-state index contributed by atoms with van der Waals surface area (Å²) in [6.07, 6.45) is 3.77. The number of ether oxygens (including phenoxy) is 1. The maximum Gasteiger partial charge on any atom is 0.243 e. The van der Waals surface area contributed by atoms with Gasteiger partial charge in [-0.3, -0.25) is 0 Å². The van der Waals surface area contributed by atoms with E-state index in [0.717, 1.165) is 43.6 Å². The zero-order chi connectivity index (χ0) is 15.5. The number of hydrogen-bond donors (Lipinski definition) is 1. The highest BCUT2D eigenvalue weighted by molar-refractivity contribution is 5.81. The van der Waals surface area contributed by atoms with Crippen molar-refractivity contribution in [3.63, 3.8) is 0 Å². The number of anilines is 1. The molecular formula is C17H18N4O2. The molecule has 23 heavy (non-hydrogen) atoms. The monoisotopic (exact) mass is 310 g/mol. The van der Waals surface area contributed by atoms with E-state index in [1.807, 2.05) is 30.3 Å². The van der Waals surface area contributed by atoms with Crippen LogP contribution in [0.25, 0.3) is 22.4 Å². The van der Waals surface area contributed by atoms with Gasteiger partial charge in [0.05, 0.1) is 6.20 Å². The Morgan fingerprint density at radius 3 is 2.91 bits per heavy atom. The molecule has 118 valence electrons. The molecule has 3 heterocycles. The molecule has 4 rings (SSSR count). The minimum atomic E-state index is 0.537. The number of rotatable bonds is 4. The first kappa shape index (κ1) is 14.1. The fraction of sp³-hybridized carbons (Fsp3) is 0.353. The molecule has 0 aliphatic carbocycles. The van der Waals surface area contributed by atoms with Crippen molar-refractivity contribution in [2.75, 3.05) is 25.1 Å². The lowest BCUT2D eigenvalue weighted by Gasteiger charge is -2.21. The second-order valence-electron chi connectivity index (χ2n) is 5.75. The lowest BCUT2D eigenvalue weighted by Crippen LogP contribution is -2.23. The molecular weight excluding hydrogens is 292 g/mol. The van der Waals surface area contributed by atoms with E-state index in [2.05, 4.69) is 20.5 Å². The number of furan rings is 1. The van der Waals surface area contributed by atoms with Crippen molar-refractivity contribution in [1.29, 1.82) is 0 Å². The first-order valence-corrected chi connectivity index (χ1v) is 7.89. The Bertz CT molecular complexity index is 763. The first-order valence-electron chi connectivity index (χ1n) is 7.89. The molecule has 0 unspecified atom stereocenters. The SMILES string of the molecule is c1ccc2oc(-c3cnnc(NCC4CCOCC4)n3)cc2c1. The minimum absolute atomic E-state index is 0.537. The van der Waals surface area contributed by atoms with Crippen LogP contribution < -0.4 is 5.32 Å². The Morgan fingerprint density at radius 2 is 2.04 bits per heavy atom. The average Bonchev–Trinajstić information content (AvgIpc) is 3.05. The summed E-state index contributed by atoms with van der Waals surface area (Å²) in [5.74, 6) is 1.84. The van der Waals surface area contributed by atoms with Gasteiger partial charge in [0.15, 0.2) is 5.76 Å². The van der Waals surface area contributed by atoms with Crippen molar-refractivity contribution in [2.24, 2.45) is 5.92 Å². The molecule has 0 spiro atoms. The smallest absolute Gasteiger partial charge is 0.243 e. The number of hydrogen-bond acceptors (Lipinski definition) is 6. The highest BCUT2D eigenvalue weighted by Crippen LogP contribution is 2.26. The fourth-order valence-electron chi connectivity index (χ4n) is 2.79. The largest absolute Gasteiger partial charge is 0.454 e. The molecule has 1 N–H and O–H groups in total. The Labute approximate surface area is 133 Å². The average molecular weight is 310 g/mol. The fourth-order valence-corrected chi connectivity index (χ4v) is 2.79. The van der Waals surface area contributed by atoms with Gasteiger partial charge < -0.3 is 14.5 Å². The number of para-hydroxylation sites is 1. The van der Waals surface area contributed by atoms with Gasteiger partial charge in [0.1, 0.15) is 11.3 Å². The van der Waals surface area contributed by atoms with Gasteiger partial charge in [0.25, 0.3) is 0 Å². The predicted octanol–water partition coefficient (Wildman–Crippen LogP) is 3.12. The second-order valence-corrected chi connectivity index (χ2v) is 5.75. The highest BCUT2D eigenvalue weighted by Gasteiger charge is 2.14. The molecule has 6 heteroatoms. The van der Waals surface area contributed by atoms with Crippen molar-refractivity contribution >= 4 is 16.9 Å². The number of benzene rings is 1. The second kappa shape index (κ2) is 6.34. The van der Waals surface area contributed by atoms with E-state index < -0.39 is 0 Å². The molecule has 1 saturated heterocycles. The lowest BCUT2D eigenvalue weighted by atomic mass is 10.0. The molecule has 1 aliphatic rings. The number of nitrogens with one attached hydrogen (secondary N) is 1. The molecule has 0 saturated carbocycles. The van der Waals surface area contributed by atoms with Crippen LogP contribution in [-0.4, -0.2) is 34.9 Å². The molecule has 0 bridgehead atoms. The van der Waals surface area contributed by atoms with Crippen LogP contribution in [0.15, 0.2) is 40.9 Å². The summed E-state index contributed by atoms with van der Waals surface area (Å²) in [4.78, 5) is 4.51. The Morgan fingerprint density at radius 1 is 1.17 bits per heavy atom. The Balaban J connectivity index is 1.51. The summed E-state index contributed by atoms with van der Waals surface area (Å²) >= 11 is 0. The number of aromatic nitrogens is 3.